The van der Waals surface area contributed by atoms with Gasteiger partial charge >= 0.3 is 6.18 Å². The molecule has 0 saturated carbocycles. The van der Waals surface area contributed by atoms with Gasteiger partial charge in [0.2, 0.25) is 0 Å². The normalized spacial score (nSPS) is 23.1. The van der Waals surface area contributed by atoms with Gasteiger partial charge in [0.1, 0.15) is 18.1 Å². The number of aliphatic hydroxyl groups is 1. The summed E-state index contributed by atoms with van der Waals surface area (Å²) >= 11 is 0. The fourth-order valence-electron chi connectivity index (χ4n) is 4.64. The van der Waals surface area contributed by atoms with E-state index in [2.05, 4.69) is 15.3 Å². The molecule has 0 bridgehead atoms. The third kappa shape index (κ3) is 5.56. The molecule has 196 valence electrons. The van der Waals surface area contributed by atoms with Crippen molar-refractivity contribution in [3.05, 3.63) is 53.6 Å². The van der Waals surface area contributed by atoms with E-state index >= 15 is 0 Å². The van der Waals surface area contributed by atoms with E-state index in [4.69, 9.17) is 4.74 Å². The number of ether oxygens (including phenoxy) is 1. The van der Waals surface area contributed by atoms with Crippen LogP contribution < -0.4 is 10.1 Å². The molecular weight excluding hydrogens is 497 g/mol. The average Bonchev–Trinajstić information content (AvgIpc) is 3.18. The molecule has 1 saturated heterocycles. The maximum absolute atomic E-state index is 13.7. The molecule has 0 spiro atoms. The van der Waals surface area contributed by atoms with Crippen molar-refractivity contribution in [3.8, 4) is 5.75 Å². The number of halogens is 7. The van der Waals surface area contributed by atoms with Crippen LogP contribution in [0.15, 0.2) is 36.8 Å². The van der Waals surface area contributed by atoms with Crippen molar-refractivity contribution in [2.24, 2.45) is 0 Å². The number of piperidine rings is 1. The Balaban J connectivity index is 1.54. The van der Waals surface area contributed by atoms with Gasteiger partial charge in [-0.05, 0) is 31.9 Å². The number of hydrogen-bond acceptors (Lipinski definition) is 5. The predicted molar refractivity (Wildman–Crippen MR) is 115 cm³/mol. The number of imidazole rings is 1. The third-order valence-corrected chi connectivity index (χ3v) is 6.07. The van der Waals surface area contributed by atoms with E-state index in [9.17, 15) is 35.8 Å². The molecule has 3 atom stereocenters. The van der Waals surface area contributed by atoms with Crippen LogP contribution in [0.3, 0.4) is 0 Å². The molecule has 3 heterocycles. The molecule has 0 amide bonds. The highest BCUT2D eigenvalue weighted by molar-refractivity contribution is 5.81. The Kier molecular flexibility index (Phi) is 7.15. The summed E-state index contributed by atoms with van der Waals surface area (Å²) in [4.78, 5) is 7.53. The summed E-state index contributed by atoms with van der Waals surface area (Å²) < 4.78 is 98.8. The second-order valence-corrected chi connectivity index (χ2v) is 8.91. The van der Waals surface area contributed by atoms with Gasteiger partial charge in [0, 0.05) is 29.9 Å². The summed E-state index contributed by atoms with van der Waals surface area (Å²) in [5.74, 6) is -0.163. The zero-order valence-electron chi connectivity index (χ0n) is 18.9. The number of alkyl halides is 7. The van der Waals surface area contributed by atoms with Gasteiger partial charge in [-0.15, -0.1) is 0 Å². The average molecular weight is 520 g/mol. The summed E-state index contributed by atoms with van der Waals surface area (Å²) in [6.45, 7) is 0.729. The largest absolute Gasteiger partial charge is 0.492 e. The number of rotatable bonds is 7. The quantitative estimate of drug-likeness (QED) is 0.427. The summed E-state index contributed by atoms with van der Waals surface area (Å²) in [5, 5.41) is 14.4. The van der Waals surface area contributed by atoms with Gasteiger partial charge in [-0.3, -0.25) is 4.98 Å². The molecule has 2 N–H and O–H groups in total. The van der Waals surface area contributed by atoms with Crippen molar-refractivity contribution in [2.45, 2.75) is 63.0 Å². The first kappa shape index (κ1) is 26.1. The Morgan fingerprint density at radius 2 is 1.92 bits per heavy atom. The minimum absolute atomic E-state index is 0.0877. The molecule has 36 heavy (non-hydrogen) atoms. The molecule has 1 aliphatic heterocycles. The molecule has 13 heteroatoms. The van der Waals surface area contributed by atoms with Crippen LogP contribution in [0.1, 0.15) is 43.0 Å². The van der Waals surface area contributed by atoms with E-state index in [1.165, 1.54) is 18.3 Å². The van der Waals surface area contributed by atoms with Crippen LogP contribution in [-0.4, -0.2) is 44.8 Å². The van der Waals surface area contributed by atoms with Crippen LogP contribution in [0, 0.1) is 0 Å². The first-order chi connectivity index (χ1) is 16.9. The summed E-state index contributed by atoms with van der Waals surface area (Å²) in [6.07, 6.45) is -7.99. The van der Waals surface area contributed by atoms with E-state index in [0.29, 0.717) is 5.56 Å². The number of nitrogens with zero attached hydrogens (tertiary/aromatic N) is 3. The number of aromatic nitrogens is 3. The Morgan fingerprint density at radius 3 is 2.53 bits per heavy atom. The summed E-state index contributed by atoms with van der Waals surface area (Å²) in [6, 6.07) is 3.75. The molecule has 1 aliphatic rings. The molecular formula is C23H23F7N4O2. The van der Waals surface area contributed by atoms with E-state index in [0.717, 1.165) is 23.0 Å². The number of hydrogen-bond donors (Lipinski definition) is 2. The van der Waals surface area contributed by atoms with Gasteiger partial charge < -0.3 is 19.7 Å². The zero-order valence-corrected chi connectivity index (χ0v) is 18.9. The molecule has 4 rings (SSSR count). The Hall–Kier alpha value is -2.93. The van der Waals surface area contributed by atoms with Crippen molar-refractivity contribution in [1.29, 1.82) is 0 Å². The fourth-order valence-corrected chi connectivity index (χ4v) is 4.64. The maximum atomic E-state index is 13.7. The molecule has 0 aliphatic carbocycles. The monoisotopic (exact) mass is 520 g/mol. The van der Waals surface area contributed by atoms with Gasteiger partial charge in [0.15, 0.2) is 0 Å². The number of benzene rings is 1. The summed E-state index contributed by atoms with van der Waals surface area (Å²) in [7, 11) is 0. The molecule has 1 aromatic carbocycles. The van der Waals surface area contributed by atoms with Gasteiger partial charge in [0.25, 0.3) is 12.9 Å². The van der Waals surface area contributed by atoms with Gasteiger partial charge in [-0.1, -0.05) is 6.07 Å². The highest BCUT2D eigenvalue weighted by Crippen LogP contribution is 2.39. The van der Waals surface area contributed by atoms with E-state index in [1.54, 1.807) is 6.92 Å². The minimum Gasteiger partial charge on any atom is -0.492 e. The lowest BCUT2D eigenvalue weighted by molar-refractivity contribution is -0.136. The maximum Gasteiger partial charge on any atom is 0.418 e. The highest BCUT2D eigenvalue weighted by atomic mass is 19.4. The van der Waals surface area contributed by atoms with Crippen molar-refractivity contribution < 1.29 is 40.6 Å². The second-order valence-electron chi connectivity index (χ2n) is 8.91. The van der Waals surface area contributed by atoms with Crippen LogP contribution >= 0.6 is 0 Å². The van der Waals surface area contributed by atoms with Gasteiger partial charge in [0.05, 0.1) is 35.1 Å². The van der Waals surface area contributed by atoms with Crippen molar-refractivity contribution in [3.63, 3.8) is 0 Å². The molecule has 3 unspecified atom stereocenters. The van der Waals surface area contributed by atoms with Crippen LogP contribution in [-0.2, 0) is 18.3 Å². The van der Waals surface area contributed by atoms with Crippen LogP contribution in [0.2, 0.25) is 0 Å². The highest BCUT2D eigenvalue weighted by Gasteiger charge is 2.40. The first-order valence-corrected chi connectivity index (χ1v) is 11.1. The molecule has 1 fully saturated rings. The third-order valence-electron chi connectivity index (χ3n) is 6.07. The smallest absolute Gasteiger partial charge is 0.418 e. The minimum atomic E-state index is -4.84. The van der Waals surface area contributed by atoms with E-state index < -0.39 is 54.0 Å². The lowest BCUT2D eigenvalue weighted by atomic mass is 9.79. The van der Waals surface area contributed by atoms with Crippen LogP contribution in [0.25, 0.3) is 11.0 Å². The topological polar surface area (TPSA) is 72.2 Å². The molecule has 2 aromatic heterocycles. The first-order valence-electron chi connectivity index (χ1n) is 11.1. The SMILES string of the molecule is CC1CC(O)(c2ccc(C(F)F)nc2)CC(COc2cc(C(F)(F)F)c3c(c2)ncn3CC(F)F)N1. The Labute approximate surface area is 201 Å². The summed E-state index contributed by atoms with van der Waals surface area (Å²) in [5.41, 5.74) is -3.26. The fraction of sp³-hybridized carbons (Fsp3) is 0.478. The molecule has 6 nitrogen and oxygen atoms in total. The van der Waals surface area contributed by atoms with Crippen molar-refractivity contribution >= 4 is 11.0 Å². The lowest BCUT2D eigenvalue weighted by Gasteiger charge is -2.41. The second kappa shape index (κ2) is 9.85. The Bertz CT molecular complexity index is 1200. The van der Waals surface area contributed by atoms with Gasteiger partial charge in [-0.25, -0.2) is 22.5 Å². The number of fused-ring (bicyclic) bond motifs is 1. The molecule has 3 aromatic rings. The van der Waals surface area contributed by atoms with Crippen molar-refractivity contribution in [1.82, 2.24) is 19.9 Å². The standard InChI is InChI=1S/C23H23F7N4O2/c1-12-6-22(35,13-2-3-17(21(26)27)31-8-13)7-14(33-12)10-36-15-4-16(23(28,29)30)20-18(5-15)32-11-34(20)9-19(24)25/h2-5,8,11-12,14,19,21,33,35H,6-7,9-10H2,1H3. The predicted octanol–water partition coefficient (Wildman–Crippen LogP) is 5.06. The lowest BCUT2D eigenvalue weighted by Crippen LogP contribution is -2.53. The molecule has 0 radical (unpaired) electrons. The van der Waals surface area contributed by atoms with Crippen LogP contribution in [0.4, 0.5) is 30.7 Å². The Morgan fingerprint density at radius 1 is 1.17 bits per heavy atom. The van der Waals surface area contributed by atoms with E-state index in [-0.39, 0.29) is 36.8 Å². The number of nitrogens with one attached hydrogen (secondary N) is 1. The van der Waals surface area contributed by atoms with E-state index in [1.807, 2.05) is 0 Å². The van der Waals surface area contributed by atoms with Crippen molar-refractivity contribution in [2.75, 3.05) is 6.61 Å². The zero-order chi connectivity index (χ0) is 26.3. The van der Waals surface area contributed by atoms with Crippen LogP contribution in [0.5, 0.6) is 5.75 Å². The van der Waals surface area contributed by atoms with Gasteiger partial charge in [-0.2, -0.15) is 13.2 Å². The number of pyridine rings is 1.